The molecule has 4 rings (SSSR count). The van der Waals surface area contributed by atoms with Crippen LogP contribution >= 0.6 is 0 Å². The average molecular weight is 443 g/mol. The zero-order valence-electron chi connectivity index (χ0n) is 18.7. The summed E-state index contributed by atoms with van der Waals surface area (Å²) in [6.07, 6.45) is 1.99. The third-order valence-electron chi connectivity index (χ3n) is 6.11. The van der Waals surface area contributed by atoms with Crippen molar-refractivity contribution in [3.05, 3.63) is 41.6 Å². The molecule has 3 heterocycles. The molecule has 32 heavy (non-hydrogen) atoms. The number of likely N-dealkylation sites (tertiary alicyclic amines) is 1. The molecule has 2 fully saturated rings. The van der Waals surface area contributed by atoms with E-state index in [-0.39, 0.29) is 24.5 Å². The van der Waals surface area contributed by atoms with Crippen LogP contribution in [0.2, 0.25) is 0 Å². The van der Waals surface area contributed by atoms with Gasteiger partial charge in [-0.15, -0.1) is 0 Å². The van der Waals surface area contributed by atoms with Crippen molar-refractivity contribution in [3.63, 3.8) is 0 Å². The van der Waals surface area contributed by atoms with Gasteiger partial charge < -0.3 is 19.6 Å². The van der Waals surface area contributed by atoms with E-state index in [0.717, 1.165) is 24.2 Å². The van der Waals surface area contributed by atoms with E-state index in [4.69, 9.17) is 14.6 Å². The number of amides is 1. The summed E-state index contributed by atoms with van der Waals surface area (Å²) in [7, 11) is 3.97. The van der Waals surface area contributed by atoms with Crippen LogP contribution in [0.25, 0.3) is 11.3 Å². The minimum Gasteiger partial charge on any atom is -0.483 e. The molecule has 0 bridgehead atoms. The van der Waals surface area contributed by atoms with Gasteiger partial charge in [0.2, 0.25) is 0 Å². The van der Waals surface area contributed by atoms with Crippen LogP contribution in [0.3, 0.4) is 0 Å². The van der Waals surface area contributed by atoms with Gasteiger partial charge in [-0.3, -0.25) is 19.5 Å². The standard InChI is InChI=1S/C22H28N4O3.CH2O2/c1-15-18(19(24-23-15)16-7-5-4-6-8-16)20(27)26-11-9-22(10-12-26)13-17(14-25(2)3)29-21(22)28;2-1-3/h4-8,17H,9-14H2,1-3H3,(H,23,24);1H,(H,2,3). The number of aromatic amines is 1. The summed E-state index contributed by atoms with van der Waals surface area (Å²) in [6.45, 7) is 3.48. The second-order valence-corrected chi connectivity index (χ2v) is 8.61. The van der Waals surface area contributed by atoms with Gasteiger partial charge in [0.1, 0.15) is 11.8 Å². The van der Waals surface area contributed by atoms with Crippen molar-refractivity contribution < 1.29 is 24.2 Å². The topological polar surface area (TPSA) is 116 Å². The number of carbonyl (C=O) groups excluding carboxylic acids is 2. The Kier molecular flexibility index (Phi) is 7.29. The van der Waals surface area contributed by atoms with E-state index in [2.05, 4.69) is 10.2 Å². The summed E-state index contributed by atoms with van der Waals surface area (Å²) in [5.74, 6) is -0.123. The Labute approximate surface area is 187 Å². The molecule has 9 nitrogen and oxygen atoms in total. The molecule has 2 saturated heterocycles. The predicted molar refractivity (Wildman–Crippen MR) is 118 cm³/mol. The number of esters is 1. The lowest BCUT2D eigenvalue weighted by atomic mass is 9.76. The number of H-pyrrole nitrogens is 1. The summed E-state index contributed by atoms with van der Waals surface area (Å²) >= 11 is 0. The van der Waals surface area contributed by atoms with E-state index in [1.165, 1.54) is 0 Å². The van der Waals surface area contributed by atoms with Gasteiger partial charge in [0.15, 0.2) is 0 Å². The van der Waals surface area contributed by atoms with Crippen LogP contribution in [0, 0.1) is 12.3 Å². The number of nitrogens with one attached hydrogen (secondary N) is 1. The van der Waals surface area contributed by atoms with Crippen molar-refractivity contribution in [3.8, 4) is 11.3 Å². The van der Waals surface area contributed by atoms with Gasteiger partial charge in [-0.1, -0.05) is 30.3 Å². The highest BCUT2D eigenvalue weighted by atomic mass is 16.6. The molecule has 1 aromatic heterocycles. The Hall–Kier alpha value is -3.20. The lowest BCUT2D eigenvalue weighted by Gasteiger charge is -2.36. The van der Waals surface area contributed by atoms with E-state index >= 15 is 0 Å². The Morgan fingerprint density at radius 2 is 1.94 bits per heavy atom. The summed E-state index contributed by atoms with van der Waals surface area (Å²) in [6, 6.07) is 9.73. The number of cyclic esters (lactones) is 1. The molecule has 9 heteroatoms. The Bertz CT molecular complexity index is 949. The summed E-state index contributed by atoms with van der Waals surface area (Å²) in [5, 5.41) is 14.2. The highest BCUT2D eigenvalue weighted by Gasteiger charge is 2.51. The number of rotatable bonds is 4. The molecule has 0 aliphatic carbocycles. The predicted octanol–water partition coefficient (Wildman–Crippen LogP) is 2.19. The van der Waals surface area contributed by atoms with Crippen LogP contribution in [0.4, 0.5) is 0 Å². The normalized spacial score (nSPS) is 19.4. The first-order valence-corrected chi connectivity index (χ1v) is 10.6. The molecule has 2 aliphatic heterocycles. The highest BCUT2D eigenvalue weighted by Crippen LogP contribution is 2.43. The van der Waals surface area contributed by atoms with Crippen LogP contribution in [0.5, 0.6) is 0 Å². The van der Waals surface area contributed by atoms with Crippen LogP contribution in [-0.2, 0) is 14.3 Å². The minimum absolute atomic E-state index is 0.0267. The number of carbonyl (C=O) groups is 3. The molecule has 2 aromatic rings. The first-order valence-electron chi connectivity index (χ1n) is 10.6. The number of hydrogen-bond acceptors (Lipinski definition) is 6. The van der Waals surface area contributed by atoms with Gasteiger partial charge in [-0.05, 0) is 33.9 Å². The molecule has 1 unspecified atom stereocenters. The summed E-state index contributed by atoms with van der Waals surface area (Å²) in [4.78, 5) is 38.2. The fourth-order valence-electron chi connectivity index (χ4n) is 4.55. The van der Waals surface area contributed by atoms with Gasteiger partial charge >= 0.3 is 5.97 Å². The monoisotopic (exact) mass is 442 g/mol. The van der Waals surface area contributed by atoms with Crippen LogP contribution in [0.15, 0.2) is 30.3 Å². The lowest BCUT2D eigenvalue weighted by Crippen LogP contribution is -2.45. The maximum absolute atomic E-state index is 13.3. The Balaban J connectivity index is 0.000000913. The first-order chi connectivity index (χ1) is 15.3. The van der Waals surface area contributed by atoms with Crippen LogP contribution < -0.4 is 0 Å². The number of likely N-dealkylation sites (N-methyl/N-ethyl adjacent to an activating group) is 1. The van der Waals surface area contributed by atoms with Gasteiger partial charge in [-0.2, -0.15) is 5.10 Å². The molecule has 0 saturated carbocycles. The fourth-order valence-corrected chi connectivity index (χ4v) is 4.55. The zero-order chi connectivity index (χ0) is 23.3. The van der Waals surface area contributed by atoms with Gasteiger partial charge in [0, 0.05) is 37.3 Å². The van der Waals surface area contributed by atoms with E-state index in [1.54, 1.807) is 0 Å². The second-order valence-electron chi connectivity index (χ2n) is 8.61. The molecule has 1 atom stereocenters. The number of carboxylic acid groups (broad SMARTS) is 1. The average Bonchev–Trinajstić information content (AvgIpc) is 3.28. The van der Waals surface area contributed by atoms with Crippen LogP contribution in [-0.4, -0.2) is 83.3 Å². The fraction of sp³-hybridized carbons (Fsp3) is 0.478. The minimum atomic E-state index is -0.439. The number of nitrogens with zero attached hydrogens (tertiary/aromatic N) is 3. The molecule has 1 aromatic carbocycles. The summed E-state index contributed by atoms with van der Waals surface area (Å²) in [5.41, 5.74) is 2.54. The third kappa shape index (κ3) is 4.83. The SMILES string of the molecule is Cc1[nH]nc(-c2ccccc2)c1C(=O)N1CCC2(CC1)CC(CN(C)C)OC2=O.O=CO. The molecule has 2 N–H and O–H groups in total. The molecule has 0 radical (unpaired) electrons. The van der Waals surface area contributed by atoms with Crippen molar-refractivity contribution in [2.45, 2.75) is 32.3 Å². The highest BCUT2D eigenvalue weighted by molar-refractivity contribution is 6.01. The van der Waals surface area contributed by atoms with E-state index in [9.17, 15) is 9.59 Å². The maximum atomic E-state index is 13.3. The van der Waals surface area contributed by atoms with Gasteiger partial charge in [0.25, 0.3) is 12.4 Å². The number of aromatic nitrogens is 2. The number of ether oxygens (including phenoxy) is 1. The molecular weight excluding hydrogens is 412 g/mol. The molecule has 1 amide bonds. The van der Waals surface area contributed by atoms with Gasteiger partial charge in [0.05, 0.1) is 11.0 Å². The second kappa shape index (κ2) is 9.95. The lowest BCUT2D eigenvalue weighted by molar-refractivity contribution is -0.150. The number of piperidine rings is 1. The van der Waals surface area contributed by atoms with E-state index in [0.29, 0.717) is 37.2 Å². The number of benzene rings is 1. The van der Waals surface area contributed by atoms with Crippen molar-refractivity contribution in [1.29, 1.82) is 0 Å². The van der Waals surface area contributed by atoms with E-state index in [1.807, 2.05) is 61.2 Å². The van der Waals surface area contributed by atoms with Crippen molar-refractivity contribution >= 4 is 18.3 Å². The Morgan fingerprint density at radius 3 is 2.53 bits per heavy atom. The molecular formula is C23H30N4O5. The molecule has 1 spiro atoms. The maximum Gasteiger partial charge on any atom is 0.312 e. The van der Waals surface area contributed by atoms with E-state index < -0.39 is 5.41 Å². The number of aryl methyl sites for hydroxylation is 1. The van der Waals surface area contributed by atoms with Crippen molar-refractivity contribution in [2.75, 3.05) is 33.7 Å². The van der Waals surface area contributed by atoms with Crippen molar-refractivity contribution in [2.24, 2.45) is 5.41 Å². The smallest absolute Gasteiger partial charge is 0.312 e. The quantitative estimate of drug-likeness (QED) is 0.551. The largest absolute Gasteiger partial charge is 0.483 e. The molecule has 172 valence electrons. The van der Waals surface area contributed by atoms with Gasteiger partial charge in [-0.25, -0.2) is 0 Å². The molecule has 2 aliphatic rings. The first kappa shape index (κ1) is 23.5. The summed E-state index contributed by atoms with van der Waals surface area (Å²) < 4.78 is 5.63. The van der Waals surface area contributed by atoms with Crippen LogP contribution in [0.1, 0.15) is 35.3 Å². The zero-order valence-corrected chi connectivity index (χ0v) is 18.7. The van der Waals surface area contributed by atoms with Crippen molar-refractivity contribution in [1.82, 2.24) is 20.0 Å². The Morgan fingerprint density at radius 1 is 1.31 bits per heavy atom. The third-order valence-corrected chi connectivity index (χ3v) is 6.11. The number of hydrogen-bond donors (Lipinski definition) is 2.